The summed E-state index contributed by atoms with van der Waals surface area (Å²) in [6.45, 7) is 5.50. The summed E-state index contributed by atoms with van der Waals surface area (Å²) in [6, 6.07) is 0. The van der Waals surface area contributed by atoms with Crippen molar-refractivity contribution in [1.29, 1.82) is 0 Å². The van der Waals surface area contributed by atoms with Crippen LogP contribution in [0, 0.1) is 11.8 Å². The first kappa shape index (κ1) is 13.2. The highest BCUT2D eigenvalue weighted by molar-refractivity contribution is 5.75. The van der Waals surface area contributed by atoms with E-state index in [9.17, 15) is 9.59 Å². The van der Waals surface area contributed by atoms with Crippen molar-refractivity contribution in [2.75, 3.05) is 7.11 Å². The molecule has 5 heteroatoms. The van der Waals surface area contributed by atoms with E-state index < -0.39 is 11.7 Å². The van der Waals surface area contributed by atoms with Crippen LogP contribution in [0.4, 0.5) is 4.79 Å². The second-order valence-corrected chi connectivity index (χ2v) is 6.34. The molecule has 1 amide bonds. The molecule has 0 unspecified atom stereocenters. The number of methoxy groups -OCH3 is 1. The molecule has 0 saturated heterocycles. The zero-order chi connectivity index (χ0) is 13.6. The van der Waals surface area contributed by atoms with Gasteiger partial charge in [-0.05, 0) is 46.0 Å². The lowest BCUT2D eigenvalue weighted by atomic mass is 10.0. The summed E-state index contributed by atoms with van der Waals surface area (Å²) in [6.07, 6.45) is 2.03. The van der Waals surface area contributed by atoms with Crippen LogP contribution in [0.25, 0.3) is 0 Å². The Balaban J connectivity index is 1.89. The molecule has 102 valence electrons. The zero-order valence-electron chi connectivity index (χ0n) is 11.4. The van der Waals surface area contributed by atoms with Crippen LogP contribution in [0.1, 0.15) is 40.0 Å². The van der Waals surface area contributed by atoms with Gasteiger partial charge in [-0.25, -0.2) is 4.79 Å². The number of carbonyl (C=O) groups excluding carboxylic acids is 2. The fourth-order valence-electron chi connectivity index (χ4n) is 2.86. The summed E-state index contributed by atoms with van der Waals surface area (Å²) in [5.74, 6) is 0.144. The van der Waals surface area contributed by atoms with Crippen molar-refractivity contribution in [3.8, 4) is 0 Å². The van der Waals surface area contributed by atoms with E-state index in [-0.39, 0.29) is 17.4 Å². The first-order valence-electron chi connectivity index (χ1n) is 6.35. The van der Waals surface area contributed by atoms with E-state index in [1.807, 2.05) is 20.8 Å². The Morgan fingerprint density at radius 1 is 1.28 bits per heavy atom. The number of rotatable bonds is 2. The summed E-state index contributed by atoms with van der Waals surface area (Å²) < 4.78 is 10.00. The predicted molar refractivity (Wildman–Crippen MR) is 64.9 cm³/mol. The molecule has 5 nitrogen and oxygen atoms in total. The minimum atomic E-state index is -0.495. The van der Waals surface area contributed by atoms with Crippen molar-refractivity contribution in [3.63, 3.8) is 0 Å². The second-order valence-electron chi connectivity index (χ2n) is 6.34. The average Bonchev–Trinajstić information content (AvgIpc) is 2.75. The van der Waals surface area contributed by atoms with Crippen LogP contribution in [0.15, 0.2) is 0 Å². The molecule has 0 radical (unpaired) electrons. The number of ether oxygens (including phenoxy) is 2. The summed E-state index contributed by atoms with van der Waals surface area (Å²) in [5, 5.41) is 2.93. The van der Waals surface area contributed by atoms with Gasteiger partial charge in [0.2, 0.25) is 0 Å². The third-order valence-corrected chi connectivity index (χ3v) is 3.70. The molecule has 0 aromatic carbocycles. The van der Waals surface area contributed by atoms with Gasteiger partial charge in [0.05, 0.1) is 13.0 Å². The standard InChI is InChI=1S/C13H21NO4/c1-12(2,3)18-11(16)14-13-6-8(10(15)17-4)5-9(13)7-13/h8-9H,5-7H2,1-4H3,(H,14,16)/t8-,9+,13+/m1/s1. The van der Waals surface area contributed by atoms with E-state index in [0.29, 0.717) is 12.3 Å². The van der Waals surface area contributed by atoms with Crippen molar-refractivity contribution in [1.82, 2.24) is 5.32 Å². The maximum Gasteiger partial charge on any atom is 0.408 e. The number of nitrogens with one attached hydrogen (secondary N) is 1. The van der Waals surface area contributed by atoms with E-state index in [2.05, 4.69) is 5.32 Å². The lowest BCUT2D eigenvalue weighted by Crippen LogP contribution is -2.41. The summed E-state index contributed by atoms with van der Waals surface area (Å²) >= 11 is 0. The first-order valence-corrected chi connectivity index (χ1v) is 6.35. The van der Waals surface area contributed by atoms with Gasteiger partial charge in [-0.2, -0.15) is 0 Å². The second kappa shape index (κ2) is 4.14. The minimum Gasteiger partial charge on any atom is -0.469 e. The summed E-state index contributed by atoms with van der Waals surface area (Å²) in [5.41, 5.74) is -0.716. The maximum absolute atomic E-state index is 11.7. The Morgan fingerprint density at radius 2 is 1.94 bits per heavy atom. The van der Waals surface area contributed by atoms with E-state index >= 15 is 0 Å². The minimum absolute atomic E-state index is 0.0799. The quantitative estimate of drug-likeness (QED) is 0.765. The van der Waals surface area contributed by atoms with Gasteiger partial charge in [-0.1, -0.05) is 0 Å². The van der Waals surface area contributed by atoms with Crippen molar-refractivity contribution < 1.29 is 19.1 Å². The maximum atomic E-state index is 11.7. The molecule has 3 atom stereocenters. The SMILES string of the molecule is COC(=O)[C@@H]1C[C@H]2C[C@@]2(NC(=O)OC(C)(C)C)C1. The third kappa shape index (κ3) is 2.60. The molecule has 0 spiro atoms. The van der Waals surface area contributed by atoms with Gasteiger partial charge >= 0.3 is 12.1 Å². The third-order valence-electron chi connectivity index (χ3n) is 3.70. The van der Waals surface area contributed by atoms with Crippen LogP contribution in [0.3, 0.4) is 0 Å². The summed E-state index contributed by atoms with van der Waals surface area (Å²) in [4.78, 5) is 23.2. The average molecular weight is 255 g/mol. The van der Waals surface area contributed by atoms with Crippen LogP contribution in [0.5, 0.6) is 0 Å². The molecule has 18 heavy (non-hydrogen) atoms. The molecule has 0 bridgehead atoms. The Kier molecular flexibility index (Phi) is 3.03. The number of fused-ring (bicyclic) bond motifs is 1. The normalized spacial score (nSPS) is 33.6. The molecule has 0 aromatic rings. The van der Waals surface area contributed by atoms with Gasteiger partial charge in [0, 0.05) is 5.54 Å². The number of hydrogen-bond acceptors (Lipinski definition) is 4. The fourth-order valence-corrected chi connectivity index (χ4v) is 2.86. The molecular weight excluding hydrogens is 234 g/mol. The van der Waals surface area contributed by atoms with E-state index in [1.54, 1.807) is 0 Å². The molecule has 2 fully saturated rings. The molecule has 2 rings (SSSR count). The number of carbonyl (C=O) groups is 2. The molecule has 2 aliphatic carbocycles. The van der Waals surface area contributed by atoms with E-state index in [4.69, 9.17) is 9.47 Å². The molecule has 1 N–H and O–H groups in total. The number of hydrogen-bond donors (Lipinski definition) is 1. The van der Waals surface area contributed by atoms with Crippen LogP contribution in [-0.2, 0) is 14.3 Å². The van der Waals surface area contributed by atoms with E-state index in [1.165, 1.54) is 7.11 Å². The van der Waals surface area contributed by atoms with E-state index in [0.717, 1.165) is 12.8 Å². The van der Waals surface area contributed by atoms with Gasteiger partial charge in [-0.3, -0.25) is 4.79 Å². The lowest BCUT2D eigenvalue weighted by Gasteiger charge is -2.23. The molecule has 0 aliphatic heterocycles. The molecule has 2 saturated carbocycles. The predicted octanol–water partition coefficient (Wildman–Crippen LogP) is 1.85. The number of amides is 1. The van der Waals surface area contributed by atoms with Crippen molar-refractivity contribution in [2.45, 2.75) is 51.2 Å². The van der Waals surface area contributed by atoms with Crippen LogP contribution < -0.4 is 5.32 Å². The smallest absolute Gasteiger partial charge is 0.408 e. The van der Waals surface area contributed by atoms with Crippen LogP contribution in [-0.4, -0.2) is 30.3 Å². The Labute approximate surface area is 107 Å². The molecular formula is C13H21NO4. The van der Waals surface area contributed by atoms with Gasteiger partial charge in [0.25, 0.3) is 0 Å². The van der Waals surface area contributed by atoms with Gasteiger partial charge in [0.15, 0.2) is 0 Å². The molecule has 0 aromatic heterocycles. The van der Waals surface area contributed by atoms with Gasteiger partial charge in [0.1, 0.15) is 5.60 Å². The van der Waals surface area contributed by atoms with Crippen LogP contribution in [0.2, 0.25) is 0 Å². The lowest BCUT2D eigenvalue weighted by molar-refractivity contribution is -0.145. The van der Waals surface area contributed by atoms with Gasteiger partial charge in [-0.15, -0.1) is 0 Å². The van der Waals surface area contributed by atoms with Crippen LogP contribution >= 0.6 is 0 Å². The van der Waals surface area contributed by atoms with Crippen molar-refractivity contribution in [2.24, 2.45) is 11.8 Å². The zero-order valence-corrected chi connectivity index (χ0v) is 11.4. The highest BCUT2D eigenvalue weighted by Gasteiger charge is 2.63. The Morgan fingerprint density at radius 3 is 2.50 bits per heavy atom. The monoisotopic (exact) mass is 255 g/mol. The fraction of sp³-hybridized carbons (Fsp3) is 0.846. The highest BCUT2D eigenvalue weighted by atomic mass is 16.6. The van der Waals surface area contributed by atoms with Gasteiger partial charge < -0.3 is 14.8 Å². The Bertz CT molecular complexity index is 374. The molecule has 0 heterocycles. The summed E-state index contributed by atoms with van der Waals surface area (Å²) in [7, 11) is 1.40. The first-order chi connectivity index (χ1) is 8.26. The topological polar surface area (TPSA) is 64.6 Å². The van der Waals surface area contributed by atoms with Crippen molar-refractivity contribution in [3.05, 3.63) is 0 Å². The molecule has 2 aliphatic rings. The largest absolute Gasteiger partial charge is 0.469 e. The van der Waals surface area contributed by atoms with Crippen molar-refractivity contribution >= 4 is 12.1 Å². The number of esters is 1. The number of alkyl carbamates (subject to hydrolysis) is 1. The highest BCUT2D eigenvalue weighted by Crippen LogP contribution is 2.58. The Hall–Kier alpha value is -1.26.